The second-order valence-corrected chi connectivity index (χ2v) is 6.61. The maximum absolute atomic E-state index is 13.0. The molecule has 2 N–H and O–H groups in total. The fourth-order valence-electron chi connectivity index (χ4n) is 2.77. The first-order valence-electron chi connectivity index (χ1n) is 7.60. The van der Waals surface area contributed by atoms with E-state index in [1.165, 1.54) is 23.1 Å². The third-order valence-corrected chi connectivity index (χ3v) is 4.37. The van der Waals surface area contributed by atoms with Crippen molar-refractivity contribution >= 4 is 5.91 Å². The Kier molecular flexibility index (Phi) is 3.89. The largest absolute Gasteiger partial charge is 0.337 e. The van der Waals surface area contributed by atoms with Crippen LogP contribution in [-0.4, -0.2) is 44.9 Å². The third kappa shape index (κ3) is 3.10. The summed E-state index contributed by atoms with van der Waals surface area (Å²) in [5.41, 5.74) is 6.86. The second-order valence-electron chi connectivity index (χ2n) is 6.61. The molecule has 0 saturated carbocycles. The van der Waals surface area contributed by atoms with Gasteiger partial charge in [0.25, 0.3) is 5.91 Å². The van der Waals surface area contributed by atoms with Gasteiger partial charge in [-0.25, -0.2) is 4.39 Å². The number of nitrogens with two attached hydrogens (primary N) is 1. The van der Waals surface area contributed by atoms with Gasteiger partial charge in [0.2, 0.25) is 0 Å². The lowest BCUT2D eigenvalue weighted by Crippen LogP contribution is -2.54. The molecule has 1 unspecified atom stereocenters. The zero-order chi connectivity index (χ0) is 16.6. The molecule has 1 aromatic carbocycles. The Morgan fingerprint density at radius 1 is 1.35 bits per heavy atom. The van der Waals surface area contributed by atoms with Gasteiger partial charge in [0.05, 0.1) is 11.9 Å². The highest BCUT2D eigenvalue weighted by Gasteiger charge is 2.36. The molecule has 1 amide bonds. The Labute approximate surface area is 134 Å². The van der Waals surface area contributed by atoms with E-state index in [1.54, 1.807) is 17.0 Å². The molecular weight excluding hydrogens is 297 g/mol. The van der Waals surface area contributed by atoms with Gasteiger partial charge < -0.3 is 10.6 Å². The fraction of sp³-hybridized carbons (Fsp3) is 0.438. The first-order valence-corrected chi connectivity index (χ1v) is 7.60. The van der Waals surface area contributed by atoms with E-state index in [1.807, 2.05) is 0 Å². The summed E-state index contributed by atoms with van der Waals surface area (Å²) in [5.74, 6) is -0.484. The van der Waals surface area contributed by atoms with Crippen molar-refractivity contribution in [1.29, 1.82) is 0 Å². The van der Waals surface area contributed by atoms with Crippen LogP contribution in [0.25, 0.3) is 5.69 Å². The molecule has 1 aromatic heterocycles. The van der Waals surface area contributed by atoms with E-state index in [2.05, 4.69) is 24.0 Å². The van der Waals surface area contributed by atoms with E-state index >= 15 is 0 Å². The van der Waals surface area contributed by atoms with Gasteiger partial charge in [-0.3, -0.25) is 4.79 Å². The molecule has 0 radical (unpaired) electrons. The van der Waals surface area contributed by atoms with Gasteiger partial charge in [-0.15, -0.1) is 5.10 Å². The van der Waals surface area contributed by atoms with Crippen LogP contribution in [0.2, 0.25) is 0 Å². The second kappa shape index (κ2) is 5.73. The Bertz CT molecular complexity index is 710. The number of benzene rings is 1. The summed E-state index contributed by atoms with van der Waals surface area (Å²) in [6, 6.07) is 5.87. The molecular formula is C16H20FN5O. The molecule has 6 nitrogen and oxygen atoms in total. The average Bonchev–Trinajstić information content (AvgIpc) is 3.00. The molecule has 2 heterocycles. The van der Waals surface area contributed by atoms with Crippen LogP contribution in [0.4, 0.5) is 4.39 Å². The Morgan fingerprint density at radius 2 is 2.04 bits per heavy atom. The fourth-order valence-corrected chi connectivity index (χ4v) is 2.77. The van der Waals surface area contributed by atoms with Gasteiger partial charge in [0.1, 0.15) is 5.82 Å². The quantitative estimate of drug-likeness (QED) is 0.913. The van der Waals surface area contributed by atoms with E-state index < -0.39 is 0 Å². The number of likely N-dealkylation sites (tertiary alicyclic amines) is 1. The number of hydrogen-bond acceptors (Lipinski definition) is 4. The first kappa shape index (κ1) is 15.6. The standard InChI is InChI=1S/C16H20FN5O/c1-16(2)10-21(8-7-14(16)18)15(23)13-9-19-22(20-13)12-5-3-11(17)4-6-12/h3-6,9,14H,7-8,10,18H2,1-2H3. The number of rotatable bonds is 2. The maximum Gasteiger partial charge on any atom is 0.276 e. The molecule has 7 heteroatoms. The monoisotopic (exact) mass is 317 g/mol. The molecule has 122 valence electrons. The number of hydrogen-bond donors (Lipinski definition) is 1. The van der Waals surface area contributed by atoms with Crippen LogP contribution >= 0.6 is 0 Å². The van der Waals surface area contributed by atoms with Crippen molar-refractivity contribution in [3.63, 3.8) is 0 Å². The number of carbonyl (C=O) groups is 1. The Balaban J connectivity index is 1.77. The molecule has 1 saturated heterocycles. The highest BCUT2D eigenvalue weighted by Crippen LogP contribution is 2.28. The van der Waals surface area contributed by atoms with Crippen molar-refractivity contribution in [2.75, 3.05) is 13.1 Å². The van der Waals surface area contributed by atoms with Gasteiger partial charge in [-0.2, -0.15) is 9.90 Å². The highest BCUT2D eigenvalue weighted by atomic mass is 19.1. The van der Waals surface area contributed by atoms with Gasteiger partial charge >= 0.3 is 0 Å². The summed E-state index contributed by atoms with van der Waals surface area (Å²) < 4.78 is 13.0. The first-order chi connectivity index (χ1) is 10.9. The topological polar surface area (TPSA) is 77.0 Å². The molecule has 1 aliphatic heterocycles. The van der Waals surface area contributed by atoms with Crippen molar-refractivity contribution in [2.45, 2.75) is 26.3 Å². The highest BCUT2D eigenvalue weighted by molar-refractivity contribution is 5.92. The lowest BCUT2D eigenvalue weighted by molar-refractivity contribution is 0.0527. The lowest BCUT2D eigenvalue weighted by atomic mass is 9.79. The smallest absolute Gasteiger partial charge is 0.276 e. The zero-order valence-corrected chi connectivity index (χ0v) is 13.2. The van der Waals surface area contributed by atoms with E-state index in [9.17, 15) is 9.18 Å². The normalized spacial score (nSPS) is 20.5. The summed E-state index contributed by atoms with van der Waals surface area (Å²) in [6.07, 6.45) is 2.21. The van der Waals surface area contributed by atoms with Gasteiger partial charge in [0.15, 0.2) is 5.69 Å². The van der Waals surface area contributed by atoms with E-state index in [4.69, 9.17) is 5.73 Å². The van der Waals surface area contributed by atoms with Crippen LogP contribution in [0, 0.1) is 11.2 Å². The van der Waals surface area contributed by atoms with Crippen molar-refractivity contribution in [3.05, 3.63) is 42.0 Å². The number of carbonyl (C=O) groups excluding carboxylic acids is 1. The molecule has 3 rings (SSSR count). The number of nitrogens with zero attached hydrogens (tertiary/aromatic N) is 4. The van der Waals surface area contributed by atoms with E-state index in [-0.39, 0.29) is 28.9 Å². The van der Waals surface area contributed by atoms with Crippen molar-refractivity contribution in [3.8, 4) is 5.69 Å². The molecule has 2 aromatic rings. The molecule has 0 bridgehead atoms. The van der Waals surface area contributed by atoms with Crippen molar-refractivity contribution in [1.82, 2.24) is 19.9 Å². The number of amides is 1. The number of piperidine rings is 1. The van der Waals surface area contributed by atoms with Crippen LogP contribution in [0.1, 0.15) is 30.8 Å². The Morgan fingerprint density at radius 3 is 2.70 bits per heavy atom. The number of aromatic nitrogens is 3. The summed E-state index contributed by atoms with van der Waals surface area (Å²) in [6.45, 7) is 5.34. The van der Waals surface area contributed by atoms with Crippen molar-refractivity contribution < 1.29 is 9.18 Å². The van der Waals surface area contributed by atoms with Gasteiger partial charge in [-0.05, 0) is 36.1 Å². The van der Waals surface area contributed by atoms with Crippen LogP contribution < -0.4 is 5.73 Å². The van der Waals surface area contributed by atoms with Crippen LogP contribution in [-0.2, 0) is 0 Å². The van der Waals surface area contributed by atoms with Crippen LogP contribution in [0.3, 0.4) is 0 Å². The minimum absolute atomic E-state index is 0.0847. The summed E-state index contributed by atoms with van der Waals surface area (Å²) in [7, 11) is 0. The molecule has 1 fully saturated rings. The predicted octanol–water partition coefficient (Wildman–Crippen LogP) is 1.61. The minimum Gasteiger partial charge on any atom is -0.337 e. The Hall–Kier alpha value is -2.28. The SMILES string of the molecule is CC1(C)CN(C(=O)c2cnn(-c3ccc(F)cc3)n2)CCC1N. The average molecular weight is 317 g/mol. The van der Waals surface area contributed by atoms with E-state index in [0.29, 0.717) is 18.8 Å². The third-order valence-electron chi connectivity index (χ3n) is 4.37. The molecule has 23 heavy (non-hydrogen) atoms. The minimum atomic E-state index is -0.330. The van der Waals surface area contributed by atoms with Crippen LogP contribution in [0.5, 0.6) is 0 Å². The number of halogens is 1. The lowest BCUT2D eigenvalue weighted by Gasteiger charge is -2.42. The molecule has 0 spiro atoms. The molecule has 1 atom stereocenters. The van der Waals surface area contributed by atoms with Gasteiger partial charge in [0, 0.05) is 19.1 Å². The van der Waals surface area contributed by atoms with Crippen molar-refractivity contribution in [2.24, 2.45) is 11.1 Å². The summed E-state index contributed by atoms with van der Waals surface area (Å²) in [5, 5.41) is 8.31. The molecule has 1 aliphatic rings. The predicted molar refractivity (Wildman–Crippen MR) is 83.6 cm³/mol. The zero-order valence-electron chi connectivity index (χ0n) is 13.2. The summed E-state index contributed by atoms with van der Waals surface area (Å²) >= 11 is 0. The van der Waals surface area contributed by atoms with Crippen LogP contribution in [0.15, 0.2) is 30.5 Å². The summed E-state index contributed by atoms with van der Waals surface area (Å²) in [4.78, 5) is 15.7. The molecule has 0 aliphatic carbocycles. The maximum atomic E-state index is 13.0. The van der Waals surface area contributed by atoms with Gasteiger partial charge in [-0.1, -0.05) is 13.8 Å². The van der Waals surface area contributed by atoms with E-state index in [0.717, 1.165) is 6.42 Å².